The van der Waals surface area contributed by atoms with Crippen molar-refractivity contribution in [3.63, 3.8) is 0 Å². The van der Waals surface area contributed by atoms with Crippen molar-refractivity contribution in [3.05, 3.63) is 72.2 Å². The number of anilines is 3. The number of likely N-dealkylation sites (tertiary alicyclic amines) is 1. The number of nitrogens with zero attached hydrogens (tertiary/aromatic N) is 3. The summed E-state index contributed by atoms with van der Waals surface area (Å²) >= 11 is 0. The average molecular weight is 583 g/mol. The third-order valence-corrected chi connectivity index (χ3v) is 7.19. The van der Waals surface area contributed by atoms with E-state index in [9.17, 15) is 27.6 Å². The smallest absolute Gasteiger partial charge is 0.323 e. The van der Waals surface area contributed by atoms with Crippen molar-refractivity contribution in [2.24, 2.45) is 5.41 Å². The molecule has 13 heteroatoms. The van der Waals surface area contributed by atoms with Gasteiger partial charge in [-0.1, -0.05) is 0 Å². The molecule has 2 fully saturated rings. The third-order valence-electron chi connectivity index (χ3n) is 7.19. The number of amides is 4. The van der Waals surface area contributed by atoms with Crippen molar-refractivity contribution < 1.29 is 32.3 Å². The average Bonchev–Trinajstić information content (AvgIpc) is 3.75. The predicted octanol–water partition coefficient (Wildman–Crippen LogP) is 4.82. The summed E-state index contributed by atoms with van der Waals surface area (Å²) in [5.74, 6) is -4.83. The van der Waals surface area contributed by atoms with Gasteiger partial charge < -0.3 is 25.2 Å². The van der Waals surface area contributed by atoms with Crippen molar-refractivity contribution >= 4 is 35.0 Å². The summed E-state index contributed by atoms with van der Waals surface area (Å²) in [5, 5.41) is 7.53. The largest absolute Gasteiger partial charge is 0.454 e. The molecule has 2 aromatic carbocycles. The first kappa shape index (κ1) is 28.9. The first-order chi connectivity index (χ1) is 20.1. The molecule has 3 N–H and O–H groups in total. The number of halogens is 3. The molecular formula is C29H29F3N6O4. The van der Waals surface area contributed by atoms with Crippen molar-refractivity contribution in [2.75, 3.05) is 43.1 Å². The van der Waals surface area contributed by atoms with Gasteiger partial charge in [-0.2, -0.15) is 4.39 Å². The molecule has 0 spiro atoms. The fourth-order valence-electron chi connectivity index (χ4n) is 4.59. The van der Waals surface area contributed by atoms with Crippen LogP contribution in [0.2, 0.25) is 0 Å². The van der Waals surface area contributed by atoms with Crippen molar-refractivity contribution in [1.29, 1.82) is 0 Å². The zero-order valence-electron chi connectivity index (χ0n) is 22.9. The highest BCUT2D eigenvalue weighted by Gasteiger charge is 2.56. The summed E-state index contributed by atoms with van der Waals surface area (Å²) in [6.45, 7) is 1.35. The lowest BCUT2D eigenvalue weighted by molar-refractivity contribution is -0.131. The fraction of sp³-hybridized carbons (Fsp3) is 0.310. The van der Waals surface area contributed by atoms with Crippen LogP contribution in [0.5, 0.6) is 11.5 Å². The number of aromatic nitrogens is 1. The molecule has 5 rings (SSSR count). The second kappa shape index (κ2) is 11.7. The Bertz CT molecular complexity index is 1510. The molecule has 10 nitrogen and oxygen atoms in total. The summed E-state index contributed by atoms with van der Waals surface area (Å²) in [7, 11) is 3.86. The van der Waals surface area contributed by atoms with Gasteiger partial charge in [0.25, 0.3) is 0 Å². The molecule has 2 heterocycles. The molecule has 1 atom stereocenters. The number of carbonyl (C=O) groups excluding carboxylic acids is 3. The molecule has 1 aromatic heterocycles. The molecule has 1 unspecified atom stereocenters. The highest BCUT2D eigenvalue weighted by molar-refractivity contribution is 6.17. The molecule has 1 aliphatic heterocycles. The van der Waals surface area contributed by atoms with Gasteiger partial charge in [0, 0.05) is 37.1 Å². The Morgan fingerprint density at radius 3 is 2.33 bits per heavy atom. The van der Waals surface area contributed by atoms with Gasteiger partial charge in [0.15, 0.2) is 11.6 Å². The number of carbonyl (C=O) groups is 3. The molecule has 0 radical (unpaired) electrons. The number of benzene rings is 2. The van der Waals surface area contributed by atoms with E-state index in [4.69, 9.17) is 4.74 Å². The van der Waals surface area contributed by atoms with Gasteiger partial charge in [-0.3, -0.25) is 14.9 Å². The Labute approximate surface area is 239 Å². The highest BCUT2D eigenvalue weighted by Crippen LogP contribution is 2.48. The van der Waals surface area contributed by atoms with E-state index in [1.165, 1.54) is 30.5 Å². The number of nitrogens with one attached hydrogen (secondary N) is 3. The lowest BCUT2D eigenvalue weighted by atomic mass is 10.0. The van der Waals surface area contributed by atoms with Crippen LogP contribution < -0.4 is 20.7 Å². The SMILES string of the molecule is CN(C)CC1CCN1C(=O)Nc1cc(Oc2ccc(NC(=O)C3(C(=O)Nc4ccc(F)cc4)CC3)c(F)c2F)ccn1. The van der Waals surface area contributed by atoms with Crippen LogP contribution >= 0.6 is 0 Å². The number of hydrogen-bond donors (Lipinski definition) is 3. The molecule has 0 bridgehead atoms. The minimum Gasteiger partial charge on any atom is -0.454 e. The van der Waals surface area contributed by atoms with E-state index in [1.807, 2.05) is 19.0 Å². The Morgan fingerprint density at radius 2 is 1.69 bits per heavy atom. The van der Waals surface area contributed by atoms with Crippen LogP contribution in [0.3, 0.4) is 0 Å². The molecule has 1 saturated carbocycles. The highest BCUT2D eigenvalue weighted by atomic mass is 19.2. The van der Waals surface area contributed by atoms with Gasteiger partial charge in [-0.15, -0.1) is 0 Å². The normalized spacial score (nSPS) is 16.8. The number of ether oxygens (including phenoxy) is 1. The number of likely N-dealkylation sites (N-methyl/N-ethyl adjacent to an activating group) is 1. The van der Waals surface area contributed by atoms with E-state index >= 15 is 0 Å². The van der Waals surface area contributed by atoms with E-state index in [0.717, 1.165) is 37.2 Å². The first-order valence-electron chi connectivity index (χ1n) is 13.3. The quantitative estimate of drug-likeness (QED) is 0.312. The maximum Gasteiger partial charge on any atom is 0.323 e. The monoisotopic (exact) mass is 582 g/mol. The van der Waals surface area contributed by atoms with Crippen LogP contribution in [-0.2, 0) is 9.59 Å². The molecular weight excluding hydrogens is 553 g/mol. The molecule has 220 valence electrons. The van der Waals surface area contributed by atoms with Gasteiger partial charge in [-0.25, -0.2) is 18.6 Å². The molecule has 42 heavy (non-hydrogen) atoms. The number of rotatable bonds is 9. The predicted molar refractivity (Wildman–Crippen MR) is 149 cm³/mol. The number of hydrogen-bond acceptors (Lipinski definition) is 6. The van der Waals surface area contributed by atoms with E-state index in [1.54, 1.807) is 4.90 Å². The second-order valence-corrected chi connectivity index (χ2v) is 10.5. The zero-order valence-corrected chi connectivity index (χ0v) is 22.9. The third kappa shape index (κ3) is 6.15. The van der Waals surface area contributed by atoms with Crippen LogP contribution in [0.1, 0.15) is 19.3 Å². The maximum absolute atomic E-state index is 14.9. The van der Waals surface area contributed by atoms with E-state index in [0.29, 0.717) is 12.2 Å². The van der Waals surface area contributed by atoms with Crippen molar-refractivity contribution in [2.45, 2.75) is 25.3 Å². The van der Waals surface area contributed by atoms with Crippen LogP contribution in [0.4, 0.5) is 35.2 Å². The summed E-state index contributed by atoms with van der Waals surface area (Å²) < 4.78 is 48.5. The lowest BCUT2D eigenvalue weighted by Gasteiger charge is -2.42. The van der Waals surface area contributed by atoms with Crippen LogP contribution in [0, 0.1) is 22.9 Å². The second-order valence-electron chi connectivity index (χ2n) is 10.5. The Hall–Kier alpha value is -4.65. The van der Waals surface area contributed by atoms with Gasteiger partial charge in [0.05, 0.1) is 5.69 Å². The molecule has 1 saturated heterocycles. The molecule has 2 aliphatic rings. The van der Waals surface area contributed by atoms with Gasteiger partial charge in [0.2, 0.25) is 17.6 Å². The zero-order chi connectivity index (χ0) is 30.0. The lowest BCUT2D eigenvalue weighted by Crippen LogP contribution is -2.56. The molecule has 1 aliphatic carbocycles. The van der Waals surface area contributed by atoms with Crippen LogP contribution in [0.25, 0.3) is 0 Å². The van der Waals surface area contributed by atoms with Crippen molar-refractivity contribution in [1.82, 2.24) is 14.8 Å². The topological polar surface area (TPSA) is 116 Å². The van der Waals surface area contributed by atoms with Crippen molar-refractivity contribution in [3.8, 4) is 11.5 Å². The van der Waals surface area contributed by atoms with E-state index in [-0.39, 0.29) is 36.5 Å². The van der Waals surface area contributed by atoms with E-state index < -0.39 is 46.1 Å². The minimum absolute atomic E-state index is 0.0921. The molecule has 4 amide bonds. The van der Waals surface area contributed by atoms with Gasteiger partial charge in [-0.05, 0) is 75.8 Å². The number of pyridine rings is 1. The number of urea groups is 1. The maximum atomic E-state index is 14.9. The Morgan fingerprint density at radius 1 is 0.976 bits per heavy atom. The summed E-state index contributed by atoms with van der Waals surface area (Å²) in [6.07, 6.45) is 2.68. The fourth-order valence-corrected chi connectivity index (χ4v) is 4.59. The molecule has 3 aromatic rings. The summed E-state index contributed by atoms with van der Waals surface area (Å²) in [6, 6.07) is 9.84. The van der Waals surface area contributed by atoms with Crippen LogP contribution in [0.15, 0.2) is 54.7 Å². The summed E-state index contributed by atoms with van der Waals surface area (Å²) in [5.41, 5.74) is -1.62. The Kier molecular flexibility index (Phi) is 8.03. The standard InChI is InChI=1S/C29H29F3N6O4/c1-37(2)16-19-10-14-38(19)28(41)36-23-15-20(9-13-33-23)42-22-8-7-21(24(31)25(22)32)35-27(40)29(11-12-29)26(39)34-18-5-3-17(30)4-6-18/h3-9,13,15,19H,10-12,14,16H2,1-2H3,(H,34,39)(H,35,40)(H,33,36,41). The van der Waals surface area contributed by atoms with E-state index in [2.05, 4.69) is 20.9 Å². The van der Waals surface area contributed by atoms with Gasteiger partial charge in [0.1, 0.15) is 22.8 Å². The first-order valence-corrected chi connectivity index (χ1v) is 13.3. The summed E-state index contributed by atoms with van der Waals surface area (Å²) in [4.78, 5) is 46.1. The minimum atomic E-state index is -1.45. The van der Waals surface area contributed by atoms with Gasteiger partial charge >= 0.3 is 6.03 Å². The Balaban J connectivity index is 1.22. The van der Waals surface area contributed by atoms with Crippen LogP contribution in [-0.4, -0.2) is 65.9 Å².